The molecule has 2 aromatic rings. The van der Waals surface area contributed by atoms with Gasteiger partial charge < -0.3 is 16.0 Å². The van der Waals surface area contributed by atoms with E-state index in [4.69, 9.17) is 58.6 Å². The number of alkyl halides is 3. The van der Waals surface area contributed by atoms with E-state index in [1.807, 2.05) is 19.1 Å². The first-order valence-corrected chi connectivity index (χ1v) is 11.1. The minimum atomic E-state index is -1.88. The average molecular weight is 609 g/mol. The first kappa shape index (κ1) is 24.0. The molecule has 1 atom stereocenters. The van der Waals surface area contributed by atoms with E-state index in [-0.39, 0.29) is 15.7 Å². The topological polar surface area (TPSA) is 53.2 Å². The van der Waals surface area contributed by atoms with Crippen LogP contribution in [-0.2, 0) is 0 Å². The third-order valence-corrected chi connectivity index (χ3v) is 5.88. The van der Waals surface area contributed by atoms with Crippen molar-refractivity contribution in [1.29, 1.82) is 0 Å². The predicted molar refractivity (Wildman–Crippen MR) is 129 cm³/mol. The number of anilines is 1. The summed E-state index contributed by atoms with van der Waals surface area (Å²) in [6.07, 6.45) is -1.12. The second-order valence-corrected chi connectivity index (χ2v) is 10.5. The van der Waals surface area contributed by atoms with Crippen LogP contribution < -0.4 is 16.0 Å². The summed E-state index contributed by atoms with van der Waals surface area (Å²) in [4.78, 5) is 12.5. The van der Waals surface area contributed by atoms with Crippen molar-refractivity contribution in [2.75, 3.05) is 5.32 Å². The maximum Gasteiger partial charge on any atom is 0.254 e. The Balaban J connectivity index is 2.16. The number of aryl methyl sites for hydroxylation is 1. The minimum absolute atomic E-state index is 0.140. The van der Waals surface area contributed by atoms with Gasteiger partial charge in [-0.2, -0.15) is 0 Å². The zero-order chi connectivity index (χ0) is 21.1. The summed E-state index contributed by atoms with van der Waals surface area (Å²) in [6, 6.07) is 10.4. The highest BCUT2D eigenvalue weighted by atomic mass is 79.9. The molecule has 1 amide bonds. The molecule has 0 bridgehead atoms. The van der Waals surface area contributed by atoms with Crippen LogP contribution in [0.1, 0.15) is 15.9 Å². The quantitative estimate of drug-likeness (QED) is 0.208. The molecule has 11 heteroatoms. The Morgan fingerprint density at radius 3 is 2.21 bits per heavy atom. The number of hydrogen-bond acceptors (Lipinski definition) is 2. The van der Waals surface area contributed by atoms with Crippen molar-refractivity contribution in [1.82, 2.24) is 10.6 Å². The summed E-state index contributed by atoms with van der Waals surface area (Å²) in [5.41, 5.74) is 1.98. The van der Waals surface area contributed by atoms with Gasteiger partial charge in [0.05, 0.1) is 16.3 Å². The van der Waals surface area contributed by atoms with Crippen molar-refractivity contribution in [3.8, 4) is 0 Å². The van der Waals surface area contributed by atoms with Crippen LogP contribution in [0.5, 0.6) is 0 Å². The second kappa shape index (κ2) is 10.2. The number of hydrogen-bond donors (Lipinski definition) is 3. The van der Waals surface area contributed by atoms with Crippen LogP contribution in [-0.4, -0.2) is 21.0 Å². The second-order valence-electron chi connectivity index (χ2n) is 5.63. The lowest BCUT2D eigenvalue weighted by Crippen LogP contribution is -2.56. The van der Waals surface area contributed by atoms with Gasteiger partial charge in [-0.1, -0.05) is 58.5 Å². The third-order valence-electron chi connectivity index (χ3n) is 3.42. The Hall–Kier alpha value is -0.280. The summed E-state index contributed by atoms with van der Waals surface area (Å²) in [6.45, 7) is 1.96. The number of carbonyl (C=O) groups excluding carboxylic acids is 1. The molecule has 0 aromatic heterocycles. The molecule has 0 unspecified atom stereocenters. The molecule has 0 aliphatic rings. The Bertz CT molecular complexity index is 885. The molecule has 0 aliphatic heterocycles. The van der Waals surface area contributed by atoms with E-state index in [0.29, 0.717) is 5.69 Å². The highest BCUT2D eigenvalue weighted by molar-refractivity contribution is 9.11. The van der Waals surface area contributed by atoms with Crippen LogP contribution in [0.15, 0.2) is 45.3 Å². The van der Waals surface area contributed by atoms with Gasteiger partial charge in [-0.3, -0.25) is 4.79 Å². The van der Waals surface area contributed by atoms with E-state index in [9.17, 15) is 4.79 Å². The van der Waals surface area contributed by atoms with E-state index in [1.54, 1.807) is 24.3 Å². The molecule has 2 rings (SSSR count). The van der Waals surface area contributed by atoms with E-state index in [1.165, 1.54) is 0 Å². The van der Waals surface area contributed by atoms with E-state index in [2.05, 4.69) is 47.8 Å². The normalized spacial score (nSPS) is 12.2. The van der Waals surface area contributed by atoms with Crippen molar-refractivity contribution in [3.63, 3.8) is 0 Å². The Labute approximate surface area is 204 Å². The highest BCUT2D eigenvalue weighted by Gasteiger charge is 2.35. The minimum Gasteiger partial charge on any atom is -0.339 e. The van der Waals surface area contributed by atoms with Gasteiger partial charge in [0.15, 0.2) is 5.11 Å². The Morgan fingerprint density at radius 2 is 1.68 bits per heavy atom. The van der Waals surface area contributed by atoms with E-state index >= 15 is 0 Å². The van der Waals surface area contributed by atoms with Crippen molar-refractivity contribution in [2.45, 2.75) is 16.9 Å². The first-order valence-electron chi connectivity index (χ1n) is 7.64. The molecule has 3 N–H and O–H groups in total. The van der Waals surface area contributed by atoms with Gasteiger partial charge in [0.2, 0.25) is 3.79 Å². The van der Waals surface area contributed by atoms with Gasteiger partial charge in [-0.05, 0) is 80.8 Å². The zero-order valence-corrected chi connectivity index (χ0v) is 21.1. The molecule has 0 fully saturated rings. The van der Waals surface area contributed by atoms with Crippen molar-refractivity contribution in [3.05, 3.63) is 61.5 Å². The van der Waals surface area contributed by atoms with Crippen molar-refractivity contribution < 1.29 is 4.79 Å². The lowest BCUT2D eigenvalue weighted by atomic mass is 10.2. The first-order chi connectivity index (χ1) is 13.0. The maximum absolute atomic E-state index is 12.5. The molecular weight excluding hydrogens is 596 g/mol. The predicted octanol–water partition coefficient (Wildman–Crippen LogP) is 6.59. The molecule has 2 aromatic carbocycles. The lowest BCUT2D eigenvalue weighted by molar-refractivity contribution is 0.0934. The molecule has 4 nitrogen and oxygen atoms in total. The standard InChI is InChI=1S/C17H13Br2Cl4N3OS/c1-8-6-10(18)13(11(19)7-8)24-16(28)26-15(17(21,22)23)25-14(27)9-4-2-3-5-12(9)20/h2-7,15H,1H3,(H,25,27)(H2,24,26,28)/t15-/m1/s1. The summed E-state index contributed by atoms with van der Waals surface area (Å²) in [7, 11) is 0. The highest BCUT2D eigenvalue weighted by Crippen LogP contribution is 2.33. The third kappa shape index (κ3) is 6.62. The molecule has 0 saturated heterocycles. The molecular formula is C17H13Br2Cl4N3OS. The lowest BCUT2D eigenvalue weighted by Gasteiger charge is -2.28. The number of carbonyl (C=O) groups is 1. The van der Waals surface area contributed by atoms with E-state index in [0.717, 1.165) is 14.5 Å². The average Bonchev–Trinajstić information content (AvgIpc) is 2.57. The van der Waals surface area contributed by atoms with Gasteiger partial charge in [-0.15, -0.1) is 0 Å². The smallest absolute Gasteiger partial charge is 0.254 e. The Kier molecular flexibility index (Phi) is 8.70. The van der Waals surface area contributed by atoms with Gasteiger partial charge >= 0.3 is 0 Å². The summed E-state index contributed by atoms with van der Waals surface area (Å²) >= 11 is 36.3. The number of halogens is 6. The molecule has 0 saturated carbocycles. The van der Waals surface area contributed by atoms with Gasteiger partial charge in [0.1, 0.15) is 6.17 Å². The number of benzene rings is 2. The fourth-order valence-electron chi connectivity index (χ4n) is 2.15. The van der Waals surface area contributed by atoms with Crippen LogP contribution in [0.25, 0.3) is 0 Å². The fraction of sp³-hybridized carbons (Fsp3) is 0.176. The van der Waals surface area contributed by atoms with Gasteiger partial charge in [-0.25, -0.2) is 0 Å². The van der Waals surface area contributed by atoms with Crippen molar-refractivity contribution in [2.24, 2.45) is 0 Å². The van der Waals surface area contributed by atoms with Crippen LogP contribution in [0, 0.1) is 6.92 Å². The molecule has 150 valence electrons. The summed E-state index contributed by atoms with van der Waals surface area (Å²) in [5.74, 6) is -0.519. The SMILES string of the molecule is Cc1cc(Br)c(NC(=S)N[C@@H](NC(=O)c2ccccc2Cl)C(Cl)(Cl)Cl)c(Br)c1. The van der Waals surface area contributed by atoms with Crippen molar-refractivity contribution >= 4 is 107 Å². The molecule has 28 heavy (non-hydrogen) atoms. The number of amides is 1. The monoisotopic (exact) mass is 605 g/mol. The number of rotatable bonds is 4. The van der Waals surface area contributed by atoms with Crippen LogP contribution in [0.4, 0.5) is 5.69 Å². The van der Waals surface area contributed by atoms with Gasteiger partial charge in [0, 0.05) is 8.95 Å². The van der Waals surface area contributed by atoms with Crippen LogP contribution in [0.2, 0.25) is 5.02 Å². The molecule has 0 radical (unpaired) electrons. The van der Waals surface area contributed by atoms with Crippen LogP contribution in [0.3, 0.4) is 0 Å². The maximum atomic E-state index is 12.5. The largest absolute Gasteiger partial charge is 0.339 e. The van der Waals surface area contributed by atoms with Gasteiger partial charge in [0.25, 0.3) is 5.91 Å². The molecule has 0 spiro atoms. The summed E-state index contributed by atoms with van der Waals surface area (Å²) < 4.78 is -0.312. The molecule has 0 heterocycles. The summed E-state index contributed by atoms with van der Waals surface area (Å²) in [5, 5.41) is 8.81. The van der Waals surface area contributed by atoms with Crippen LogP contribution >= 0.6 is 90.5 Å². The Morgan fingerprint density at radius 1 is 1.11 bits per heavy atom. The number of thiocarbonyl (C=S) groups is 1. The number of nitrogens with one attached hydrogen (secondary N) is 3. The zero-order valence-electron chi connectivity index (χ0n) is 14.1. The fourth-order valence-corrected chi connectivity index (χ4v) is 4.54. The molecule has 0 aliphatic carbocycles. The van der Waals surface area contributed by atoms with E-state index < -0.39 is 15.9 Å².